The van der Waals surface area contributed by atoms with Gasteiger partial charge in [0.1, 0.15) is 5.75 Å². The van der Waals surface area contributed by atoms with Gasteiger partial charge in [0.25, 0.3) is 0 Å². The molecule has 0 radical (unpaired) electrons. The number of ether oxygens (including phenoxy) is 1. The highest BCUT2D eigenvalue weighted by Crippen LogP contribution is 2.42. The number of nitrogens with one attached hydrogen (secondary N) is 1. The van der Waals surface area contributed by atoms with Crippen molar-refractivity contribution in [3.8, 4) is 17.6 Å². The van der Waals surface area contributed by atoms with Gasteiger partial charge in [-0.1, -0.05) is 42.2 Å². The van der Waals surface area contributed by atoms with Gasteiger partial charge in [-0.3, -0.25) is 4.90 Å². The minimum atomic E-state index is -0.0928. The molecule has 3 aromatic rings. The Hall–Kier alpha value is -3.79. The Morgan fingerprint density at radius 1 is 0.946 bits per heavy atom. The van der Waals surface area contributed by atoms with Crippen molar-refractivity contribution in [2.45, 2.75) is 30.8 Å². The summed E-state index contributed by atoms with van der Waals surface area (Å²) in [6.07, 6.45) is 1.94. The van der Waals surface area contributed by atoms with Crippen LogP contribution in [-0.4, -0.2) is 66.4 Å². The molecule has 6 nitrogen and oxygen atoms in total. The van der Waals surface area contributed by atoms with Gasteiger partial charge in [0.05, 0.1) is 13.7 Å². The third-order valence-electron chi connectivity index (χ3n) is 7.42. The molecule has 0 unspecified atom stereocenters. The van der Waals surface area contributed by atoms with Gasteiger partial charge in [-0.05, 0) is 73.5 Å². The van der Waals surface area contributed by atoms with Gasteiger partial charge in [-0.25, -0.2) is 4.79 Å². The van der Waals surface area contributed by atoms with Crippen molar-refractivity contribution >= 4 is 11.7 Å². The molecule has 37 heavy (non-hydrogen) atoms. The molecule has 3 aromatic carbocycles. The van der Waals surface area contributed by atoms with E-state index >= 15 is 0 Å². The summed E-state index contributed by atoms with van der Waals surface area (Å²) in [6, 6.07) is 25.8. The van der Waals surface area contributed by atoms with Gasteiger partial charge >= 0.3 is 6.03 Å². The number of hydrogen-bond donors (Lipinski definition) is 2. The molecule has 3 atom stereocenters. The lowest BCUT2D eigenvalue weighted by atomic mass is 9.74. The van der Waals surface area contributed by atoms with Gasteiger partial charge in [0.15, 0.2) is 0 Å². The molecule has 2 heterocycles. The summed E-state index contributed by atoms with van der Waals surface area (Å²) in [5.41, 5.74) is 3.88. The number of amides is 2. The quantitative estimate of drug-likeness (QED) is 0.521. The molecule has 0 aromatic heterocycles. The number of fused-ring (bicyclic) bond motifs is 1. The van der Waals surface area contributed by atoms with E-state index in [-0.39, 0.29) is 30.6 Å². The monoisotopic (exact) mass is 495 g/mol. The maximum Gasteiger partial charge on any atom is 0.321 e. The predicted molar refractivity (Wildman–Crippen MR) is 146 cm³/mol. The number of aliphatic hydroxyl groups excluding tert-OH is 1. The fraction of sp³-hybridized carbons (Fsp3) is 0.323. The molecule has 0 spiro atoms. The molecular formula is C31H33N3O3. The topological polar surface area (TPSA) is 65.0 Å². The van der Waals surface area contributed by atoms with Crippen LogP contribution in [0, 0.1) is 11.8 Å². The van der Waals surface area contributed by atoms with Crippen LogP contribution in [0.5, 0.6) is 5.75 Å². The number of rotatable bonds is 4. The normalized spacial score (nSPS) is 21.4. The Bertz CT molecular complexity index is 1250. The number of benzene rings is 3. The fourth-order valence-electron chi connectivity index (χ4n) is 5.46. The van der Waals surface area contributed by atoms with Gasteiger partial charge in [-0.2, -0.15) is 0 Å². The second-order valence-electron chi connectivity index (χ2n) is 9.63. The summed E-state index contributed by atoms with van der Waals surface area (Å²) in [7, 11) is 1.62. The Morgan fingerprint density at radius 3 is 2.30 bits per heavy atom. The minimum Gasteiger partial charge on any atom is -0.497 e. The summed E-state index contributed by atoms with van der Waals surface area (Å²) in [5.74, 6) is 7.36. The van der Waals surface area contributed by atoms with E-state index < -0.39 is 0 Å². The molecule has 0 saturated carbocycles. The Labute approximate surface area is 218 Å². The lowest BCUT2D eigenvalue weighted by Gasteiger charge is -2.57. The van der Waals surface area contributed by atoms with Crippen LogP contribution in [-0.2, 0) is 0 Å². The summed E-state index contributed by atoms with van der Waals surface area (Å²) in [5, 5.41) is 13.3. The number of methoxy groups -OCH3 is 1. The maximum absolute atomic E-state index is 13.2. The molecule has 5 rings (SSSR count). The van der Waals surface area contributed by atoms with Crippen molar-refractivity contribution in [2.75, 3.05) is 38.7 Å². The van der Waals surface area contributed by atoms with E-state index in [0.29, 0.717) is 6.54 Å². The fourth-order valence-corrected chi connectivity index (χ4v) is 5.46. The van der Waals surface area contributed by atoms with Crippen molar-refractivity contribution in [1.82, 2.24) is 9.80 Å². The number of hydrogen-bond acceptors (Lipinski definition) is 4. The van der Waals surface area contributed by atoms with E-state index in [1.807, 2.05) is 59.5 Å². The third kappa shape index (κ3) is 5.64. The summed E-state index contributed by atoms with van der Waals surface area (Å²) >= 11 is 0. The molecule has 2 saturated heterocycles. The lowest BCUT2D eigenvalue weighted by molar-refractivity contribution is -0.0585. The van der Waals surface area contributed by atoms with E-state index in [0.717, 1.165) is 48.5 Å². The highest BCUT2D eigenvalue weighted by molar-refractivity contribution is 5.89. The number of anilines is 1. The SMILES string of the molecule is COc1ccc(NC(=O)N2CCCCN3[C@H](CO)[C@@H](c4ccc(C#Cc5ccccc5)cc4)[C@@H]3C2)cc1. The zero-order valence-corrected chi connectivity index (χ0v) is 21.1. The average molecular weight is 496 g/mol. The van der Waals surface area contributed by atoms with Gasteiger partial charge < -0.3 is 20.1 Å². The Kier molecular flexibility index (Phi) is 7.74. The van der Waals surface area contributed by atoms with Crippen LogP contribution in [0.1, 0.15) is 35.4 Å². The van der Waals surface area contributed by atoms with Crippen molar-refractivity contribution in [3.63, 3.8) is 0 Å². The zero-order chi connectivity index (χ0) is 25.6. The van der Waals surface area contributed by atoms with Gasteiger partial charge in [0, 0.05) is 47.9 Å². The summed E-state index contributed by atoms with van der Waals surface area (Å²) < 4.78 is 5.21. The van der Waals surface area contributed by atoms with Crippen molar-refractivity contribution in [1.29, 1.82) is 0 Å². The molecule has 2 aliphatic heterocycles. The Balaban J connectivity index is 1.30. The van der Waals surface area contributed by atoms with Crippen LogP contribution in [0.4, 0.5) is 10.5 Å². The largest absolute Gasteiger partial charge is 0.497 e. The molecule has 0 bridgehead atoms. The molecule has 6 heteroatoms. The van der Waals surface area contributed by atoms with Crippen molar-refractivity contribution in [2.24, 2.45) is 0 Å². The third-order valence-corrected chi connectivity index (χ3v) is 7.42. The first-order chi connectivity index (χ1) is 18.2. The molecule has 2 amide bonds. The van der Waals surface area contributed by atoms with Crippen LogP contribution in [0.15, 0.2) is 78.9 Å². The lowest BCUT2D eigenvalue weighted by Crippen LogP contribution is -2.68. The van der Waals surface area contributed by atoms with Crippen molar-refractivity contribution in [3.05, 3.63) is 95.6 Å². The number of carbonyl (C=O) groups excluding carboxylic acids is 1. The summed E-state index contributed by atoms with van der Waals surface area (Å²) in [6.45, 7) is 2.39. The molecule has 2 fully saturated rings. The Morgan fingerprint density at radius 2 is 1.62 bits per heavy atom. The second-order valence-corrected chi connectivity index (χ2v) is 9.63. The van der Waals surface area contributed by atoms with E-state index in [2.05, 4.69) is 46.3 Å². The number of nitrogens with zero attached hydrogens (tertiary/aromatic N) is 2. The number of aliphatic hydroxyl groups is 1. The average Bonchev–Trinajstić information content (AvgIpc) is 2.92. The highest BCUT2D eigenvalue weighted by Gasteiger charge is 2.49. The smallest absolute Gasteiger partial charge is 0.321 e. The number of urea groups is 1. The molecule has 2 N–H and O–H groups in total. The van der Waals surface area contributed by atoms with Crippen LogP contribution < -0.4 is 10.1 Å². The van der Waals surface area contributed by atoms with E-state index in [4.69, 9.17) is 4.74 Å². The van der Waals surface area contributed by atoms with Gasteiger partial charge in [0.2, 0.25) is 0 Å². The molecule has 0 aliphatic carbocycles. The van der Waals surface area contributed by atoms with Crippen LogP contribution in [0.3, 0.4) is 0 Å². The minimum absolute atomic E-state index is 0.0656. The standard InChI is InChI=1S/C31H33N3O3/c1-37-27-17-15-26(16-18-27)32-31(36)33-19-5-6-20-34-28(21-33)30(29(34)22-35)25-13-11-24(12-14-25)10-9-23-7-3-2-4-8-23/h2-4,7-8,11-18,28-30,35H,5-6,19-22H2,1H3,(H,32,36)/t28-,29+,30-/m0/s1. The molecule has 190 valence electrons. The predicted octanol–water partition coefficient (Wildman–Crippen LogP) is 4.55. The summed E-state index contributed by atoms with van der Waals surface area (Å²) in [4.78, 5) is 17.5. The van der Waals surface area contributed by atoms with Crippen LogP contribution in [0.25, 0.3) is 0 Å². The van der Waals surface area contributed by atoms with Crippen LogP contribution >= 0.6 is 0 Å². The first kappa shape index (κ1) is 24.9. The zero-order valence-electron chi connectivity index (χ0n) is 21.1. The first-order valence-corrected chi connectivity index (χ1v) is 12.9. The molecule has 2 aliphatic rings. The van der Waals surface area contributed by atoms with Gasteiger partial charge in [-0.15, -0.1) is 0 Å². The maximum atomic E-state index is 13.2. The van der Waals surface area contributed by atoms with Crippen molar-refractivity contribution < 1.29 is 14.6 Å². The molecular weight excluding hydrogens is 462 g/mol. The first-order valence-electron chi connectivity index (χ1n) is 12.9. The second kappa shape index (κ2) is 11.5. The van der Waals surface area contributed by atoms with E-state index in [1.165, 1.54) is 5.56 Å². The number of carbonyl (C=O) groups is 1. The van der Waals surface area contributed by atoms with Crippen LogP contribution in [0.2, 0.25) is 0 Å². The van der Waals surface area contributed by atoms with E-state index in [1.54, 1.807) is 7.11 Å². The highest BCUT2D eigenvalue weighted by atomic mass is 16.5. The van der Waals surface area contributed by atoms with E-state index in [9.17, 15) is 9.90 Å².